The van der Waals surface area contributed by atoms with E-state index in [-0.39, 0.29) is 38.3 Å². The summed E-state index contributed by atoms with van der Waals surface area (Å²) in [5.41, 5.74) is 8.33. The zero-order valence-corrected chi connectivity index (χ0v) is 22.7. The van der Waals surface area contributed by atoms with Crippen LogP contribution in [0.1, 0.15) is 60.9 Å². The number of hydrogen-bond donors (Lipinski definition) is 1. The zero-order valence-electron chi connectivity index (χ0n) is 20.4. The molecule has 0 heterocycles. The Kier molecular flexibility index (Phi) is 12.5. The molecule has 0 atom stereocenters. The smallest absolute Gasteiger partial charge is 0.216 e. The fourth-order valence-corrected chi connectivity index (χ4v) is 4.27. The van der Waals surface area contributed by atoms with E-state index in [9.17, 15) is 4.79 Å². The molecule has 3 radical (unpaired) electrons. The number of carbonyl (C=O) groups excluding carboxylic acids is 1. The number of halogens is 1. The van der Waals surface area contributed by atoms with Gasteiger partial charge >= 0.3 is 0 Å². The van der Waals surface area contributed by atoms with E-state index < -0.39 is 0 Å². The van der Waals surface area contributed by atoms with Crippen molar-refractivity contribution in [1.29, 1.82) is 0 Å². The summed E-state index contributed by atoms with van der Waals surface area (Å²) in [7, 11) is 0. The molecule has 173 valence electrons. The highest BCUT2D eigenvalue weighted by atomic mass is 127. The van der Waals surface area contributed by atoms with Gasteiger partial charge in [-0.25, -0.2) is 0 Å². The van der Waals surface area contributed by atoms with Gasteiger partial charge in [-0.2, -0.15) is 0 Å². The number of hydrogen-bond acceptors (Lipinski definition) is 1. The number of amides is 1. The molecule has 0 bridgehead atoms. The SMILES string of the molecule is CC(=O)NCCC1=CCCc2ccc(C)cc21.CCCc1cccc2ccc(C)cc12.I.[B]. The van der Waals surface area contributed by atoms with E-state index in [4.69, 9.17) is 0 Å². The molecule has 0 fully saturated rings. The minimum absolute atomic E-state index is 0. The molecule has 1 N–H and O–H groups in total. The van der Waals surface area contributed by atoms with Crippen molar-refractivity contribution in [3.8, 4) is 0 Å². The molecule has 0 aromatic heterocycles. The van der Waals surface area contributed by atoms with E-state index in [1.807, 2.05) is 0 Å². The number of aryl methyl sites for hydroxylation is 4. The van der Waals surface area contributed by atoms with E-state index in [1.165, 1.54) is 57.0 Å². The van der Waals surface area contributed by atoms with Crippen LogP contribution < -0.4 is 5.32 Å². The van der Waals surface area contributed by atoms with Crippen LogP contribution in [0.4, 0.5) is 0 Å². The van der Waals surface area contributed by atoms with Crippen molar-refractivity contribution in [2.75, 3.05) is 6.54 Å². The first-order chi connectivity index (χ1) is 15.0. The third kappa shape index (κ3) is 8.33. The second-order valence-corrected chi connectivity index (χ2v) is 8.55. The largest absolute Gasteiger partial charge is 0.356 e. The summed E-state index contributed by atoms with van der Waals surface area (Å²) in [6.07, 6.45) is 7.89. The summed E-state index contributed by atoms with van der Waals surface area (Å²) < 4.78 is 0. The highest BCUT2D eigenvalue weighted by molar-refractivity contribution is 14.0. The Morgan fingerprint density at radius 3 is 2.42 bits per heavy atom. The van der Waals surface area contributed by atoms with Crippen molar-refractivity contribution in [2.45, 2.75) is 59.8 Å². The summed E-state index contributed by atoms with van der Waals surface area (Å²) in [6, 6.07) is 19.9. The lowest BCUT2D eigenvalue weighted by Crippen LogP contribution is -2.21. The molecule has 1 aliphatic rings. The number of fused-ring (bicyclic) bond motifs is 2. The highest BCUT2D eigenvalue weighted by Crippen LogP contribution is 2.29. The van der Waals surface area contributed by atoms with Gasteiger partial charge < -0.3 is 5.32 Å². The number of rotatable bonds is 5. The minimum atomic E-state index is 0. The first-order valence-corrected chi connectivity index (χ1v) is 11.5. The quantitative estimate of drug-likeness (QED) is 0.264. The Morgan fingerprint density at radius 2 is 1.70 bits per heavy atom. The topological polar surface area (TPSA) is 29.1 Å². The van der Waals surface area contributed by atoms with Crippen LogP contribution in [0.3, 0.4) is 0 Å². The molecule has 33 heavy (non-hydrogen) atoms. The maximum Gasteiger partial charge on any atom is 0.216 e. The Labute approximate surface area is 218 Å². The second kappa shape index (κ2) is 14.2. The van der Waals surface area contributed by atoms with Crippen molar-refractivity contribution in [2.24, 2.45) is 0 Å². The first-order valence-electron chi connectivity index (χ1n) is 11.5. The summed E-state index contributed by atoms with van der Waals surface area (Å²) in [5, 5.41) is 5.65. The van der Waals surface area contributed by atoms with E-state index in [1.54, 1.807) is 6.92 Å². The molecular weight excluding hydrogens is 516 g/mol. The lowest BCUT2D eigenvalue weighted by atomic mass is 9.88. The Morgan fingerprint density at radius 1 is 0.970 bits per heavy atom. The van der Waals surface area contributed by atoms with Crippen LogP contribution >= 0.6 is 24.0 Å². The summed E-state index contributed by atoms with van der Waals surface area (Å²) in [6.45, 7) is 8.80. The molecule has 4 rings (SSSR count). The summed E-state index contributed by atoms with van der Waals surface area (Å²) >= 11 is 0. The third-order valence-corrected chi connectivity index (χ3v) is 5.83. The maximum absolute atomic E-state index is 10.9. The van der Waals surface area contributed by atoms with Gasteiger partial charge in [0, 0.05) is 21.9 Å². The number of allylic oxidation sites excluding steroid dienone is 1. The first kappa shape index (κ1) is 29.0. The zero-order chi connectivity index (χ0) is 22.2. The minimum Gasteiger partial charge on any atom is -0.356 e. The van der Waals surface area contributed by atoms with Gasteiger partial charge in [0.15, 0.2) is 0 Å². The lowest BCUT2D eigenvalue weighted by Gasteiger charge is -2.18. The van der Waals surface area contributed by atoms with Crippen molar-refractivity contribution in [1.82, 2.24) is 5.32 Å². The van der Waals surface area contributed by atoms with Gasteiger partial charge in [0.1, 0.15) is 0 Å². The van der Waals surface area contributed by atoms with E-state index in [0.717, 1.165) is 25.8 Å². The average Bonchev–Trinajstić information content (AvgIpc) is 2.75. The Balaban J connectivity index is 0.000000316. The molecule has 4 heteroatoms. The average molecular weight is 552 g/mol. The normalized spacial score (nSPS) is 11.7. The van der Waals surface area contributed by atoms with Crippen molar-refractivity contribution in [3.05, 3.63) is 88.5 Å². The van der Waals surface area contributed by atoms with Gasteiger partial charge in [-0.1, -0.05) is 85.1 Å². The fraction of sp³-hybridized carbons (Fsp3) is 0.345. The van der Waals surface area contributed by atoms with Crippen LogP contribution in [-0.4, -0.2) is 20.9 Å². The van der Waals surface area contributed by atoms with Crippen molar-refractivity contribution in [3.63, 3.8) is 0 Å². The Bertz CT molecular complexity index is 1090. The molecule has 3 aromatic carbocycles. The van der Waals surface area contributed by atoms with Crippen LogP contribution in [0.25, 0.3) is 16.3 Å². The van der Waals surface area contributed by atoms with E-state index in [2.05, 4.69) is 86.8 Å². The van der Waals surface area contributed by atoms with Gasteiger partial charge in [-0.15, -0.1) is 24.0 Å². The highest BCUT2D eigenvalue weighted by Gasteiger charge is 2.12. The molecule has 0 saturated heterocycles. The molecule has 0 unspecified atom stereocenters. The molecule has 0 saturated carbocycles. The Hall–Kier alpha value is -2.08. The van der Waals surface area contributed by atoms with Crippen LogP contribution in [-0.2, 0) is 17.6 Å². The van der Waals surface area contributed by atoms with Gasteiger partial charge in [-0.05, 0) is 72.6 Å². The lowest BCUT2D eigenvalue weighted by molar-refractivity contribution is -0.118. The van der Waals surface area contributed by atoms with Crippen LogP contribution in [0.5, 0.6) is 0 Å². The van der Waals surface area contributed by atoms with Crippen LogP contribution in [0, 0.1) is 13.8 Å². The van der Waals surface area contributed by atoms with Crippen molar-refractivity contribution >= 4 is 54.6 Å². The molecule has 1 aliphatic carbocycles. The molecule has 1 amide bonds. The number of benzene rings is 3. The number of carbonyl (C=O) groups is 1. The third-order valence-electron chi connectivity index (χ3n) is 5.83. The molecule has 0 spiro atoms. The van der Waals surface area contributed by atoms with E-state index >= 15 is 0 Å². The van der Waals surface area contributed by atoms with Crippen LogP contribution in [0.2, 0.25) is 0 Å². The maximum atomic E-state index is 10.9. The summed E-state index contributed by atoms with van der Waals surface area (Å²) in [5.74, 6) is 0.0471. The standard InChI is InChI=1S/C15H19NO.C14H16.B.HI/c1-11-6-7-13-4-3-5-14(15(13)10-11)8-9-16-12(2)17;1-3-5-12-6-4-7-13-9-8-11(2)10-14(12)13;;/h5-7,10H,3-4,8-9H2,1-2H3,(H,16,17);4,6-10H,3,5H2,1-2H3;;1H. The molecular formula is C29H36BINO. The summed E-state index contributed by atoms with van der Waals surface area (Å²) in [4.78, 5) is 10.9. The predicted octanol–water partition coefficient (Wildman–Crippen LogP) is 7.19. The van der Waals surface area contributed by atoms with Gasteiger partial charge in [-0.3, -0.25) is 4.79 Å². The van der Waals surface area contributed by atoms with Crippen molar-refractivity contribution < 1.29 is 4.79 Å². The van der Waals surface area contributed by atoms with Crippen LogP contribution in [0.15, 0.2) is 60.7 Å². The molecule has 0 aliphatic heterocycles. The van der Waals surface area contributed by atoms with E-state index in [0.29, 0.717) is 0 Å². The molecule has 2 nitrogen and oxygen atoms in total. The fourth-order valence-electron chi connectivity index (χ4n) is 4.27. The van der Waals surface area contributed by atoms with Gasteiger partial charge in [0.05, 0.1) is 0 Å². The second-order valence-electron chi connectivity index (χ2n) is 8.55. The van der Waals surface area contributed by atoms with Gasteiger partial charge in [0.2, 0.25) is 5.91 Å². The monoisotopic (exact) mass is 552 g/mol. The molecule has 3 aromatic rings. The van der Waals surface area contributed by atoms with Gasteiger partial charge in [0.25, 0.3) is 0 Å². The number of nitrogens with one attached hydrogen (secondary N) is 1. The predicted molar refractivity (Wildman–Crippen MR) is 155 cm³/mol.